The second kappa shape index (κ2) is 9.56. The standard InChI is InChI=1S/C24H19ClF2N2O3/c25-17-5-10-21-22(11-17)28-14-29(24(21)31)12-20(30)13-32-23(15-1-6-18(26)7-2-15)16-3-8-19(27)9-4-16/h1-11,14,20,23,30H,12-13H2/t20-/m1/s1. The van der Waals surface area contributed by atoms with Crippen LogP contribution in [0.2, 0.25) is 5.02 Å². The van der Waals surface area contributed by atoms with E-state index in [4.69, 9.17) is 16.3 Å². The highest BCUT2D eigenvalue weighted by molar-refractivity contribution is 6.31. The van der Waals surface area contributed by atoms with Crippen molar-refractivity contribution in [1.29, 1.82) is 0 Å². The molecular formula is C24H19ClF2N2O3. The summed E-state index contributed by atoms with van der Waals surface area (Å²) in [7, 11) is 0. The number of aliphatic hydroxyl groups excluding tert-OH is 1. The first-order valence-corrected chi connectivity index (χ1v) is 10.2. The maximum Gasteiger partial charge on any atom is 0.261 e. The molecule has 0 radical (unpaired) electrons. The first-order chi connectivity index (χ1) is 15.4. The van der Waals surface area contributed by atoms with Crippen molar-refractivity contribution >= 4 is 22.5 Å². The van der Waals surface area contributed by atoms with Gasteiger partial charge in [-0.15, -0.1) is 0 Å². The van der Waals surface area contributed by atoms with Gasteiger partial charge >= 0.3 is 0 Å². The number of halogens is 3. The Balaban J connectivity index is 1.51. The van der Waals surface area contributed by atoms with Gasteiger partial charge in [-0.3, -0.25) is 9.36 Å². The van der Waals surface area contributed by atoms with Gasteiger partial charge in [0.15, 0.2) is 0 Å². The van der Waals surface area contributed by atoms with E-state index >= 15 is 0 Å². The van der Waals surface area contributed by atoms with E-state index in [9.17, 15) is 18.7 Å². The van der Waals surface area contributed by atoms with Crippen molar-refractivity contribution < 1.29 is 18.6 Å². The lowest BCUT2D eigenvalue weighted by atomic mass is 10.0. The maximum absolute atomic E-state index is 13.4. The molecule has 1 N–H and O–H groups in total. The summed E-state index contributed by atoms with van der Waals surface area (Å²) in [5, 5.41) is 11.4. The lowest BCUT2D eigenvalue weighted by Crippen LogP contribution is -2.30. The Kier molecular flexibility index (Phi) is 6.60. The van der Waals surface area contributed by atoms with Crippen molar-refractivity contribution in [3.8, 4) is 0 Å². The van der Waals surface area contributed by atoms with Crippen LogP contribution < -0.4 is 5.56 Å². The SMILES string of the molecule is O=c1c2ccc(Cl)cc2ncn1C[C@@H](O)COC(c1ccc(F)cc1)c1ccc(F)cc1. The Hall–Kier alpha value is -3.13. The molecular weight excluding hydrogens is 438 g/mol. The predicted molar refractivity (Wildman–Crippen MR) is 118 cm³/mol. The van der Waals surface area contributed by atoms with Crippen molar-refractivity contribution in [3.05, 3.63) is 111 Å². The van der Waals surface area contributed by atoms with Gasteiger partial charge in [0.2, 0.25) is 0 Å². The van der Waals surface area contributed by atoms with Gasteiger partial charge in [0.25, 0.3) is 5.56 Å². The number of fused-ring (bicyclic) bond motifs is 1. The summed E-state index contributed by atoms with van der Waals surface area (Å²) in [4.78, 5) is 16.9. The molecule has 1 aromatic heterocycles. The molecule has 0 aliphatic carbocycles. The van der Waals surface area contributed by atoms with Crippen LogP contribution >= 0.6 is 11.6 Å². The molecule has 1 atom stereocenters. The molecule has 0 amide bonds. The normalized spacial score (nSPS) is 12.4. The van der Waals surface area contributed by atoms with Gasteiger partial charge in [0, 0.05) is 5.02 Å². The van der Waals surface area contributed by atoms with Crippen molar-refractivity contribution in [2.45, 2.75) is 18.8 Å². The van der Waals surface area contributed by atoms with Gasteiger partial charge < -0.3 is 9.84 Å². The van der Waals surface area contributed by atoms with Crippen molar-refractivity contribution in [2.75, 3.05) is 6.61 Å². The average molecular weight is 457 g/mol. The monoisotopic (exact) mass is 456 g/mol. The molecule has 4 rings (SSSR count). The van der Waals surface area contributed by atoms with E-state index in [2.05, 4.69) is 4.98 Å². The van der Waals surface area contributed by atoms with E-state index in [1.807, 2.05) is 0 Å². The molecule has 8 heteroatoms. The second-order valence-corrected chi connectivity index (χ2v) is 7.77. The largest absolute Gasteiger partial charge is 0.389 e. The fraction of sp³-hybridized carbons (Fsp3) is 0.167. The average Bonchev–Trinajstić information content (AvgIpc) is 2.78. The molecule has 0 fully saturated rings. The summed E-state index contributed by atoms with van der Waals surface area (Å²) in [6.07, 6.45) is -0.330. The molecule has 0 spiro atoms. The van der Waals surface area contributed by atoms with Crippen LogP contribution in [0.15, 0.2) is 77.9 Å². The van der Waals surface area contributed by atoms with E-state index < -0.39 is 23.8 Å². The molecule has 0 saturated heterocycles. The predicted octanol–water partition coefficient (Wildman–Crippen LogP) is 4.50. The van der Waals surface area contributed by atoms with Crippen LogP contribution in [0.25, 0.3) is 10.9 Å². The van der Waals surface area contributed by atoms with Crippen LogP contribution in [-0.4, -0.2) is 27.4 Å². The number of hydrogen-bond donors (Lipinski definition) is 1. The van der Waals surface area contributed by atoms with Crippen molar-refractivity contribution in [2.24, 2.45) is 0 Å². The lowest BCUT2D eigenvalue weighted by molar-refractivity contribution is -0.00103. The minimum absolute atomic E-state index is 0.0377. The van der Waals surface area contributed by atoms with Crippen molar-refractivity contribution in [1.82, 2.24) is 9.55 Å². The molecule has 1 heterocycles. The highest BCUT2D eigenvalue weighted by atomic mass is 35.5. The van der Waals surface area contributed by atoms with Crippen LogP contribution in [0.1, 0.15) is 17.2 Å². The van der Waals surface area contributed by atoms with E-state index in [1.165, 1.54) is 35.2 Å². The second-order valence-electron chi connectivity index (χ2n) is 7.33. The zero-order chi connectivity index (χ0) is 22.7. The third kappa shape index (κ3) is 5.02. The zero-order valence-corrected chi connectivity index (χ0v) is 17.5. The smallest absolute Gasteiger partial charge is 0.261 e. The van der Waals surface area contributed by atoms with Crippen LogP contribution in [0.4, 0.5) is 8.78 Å². The van der Waals surface area contributed by atoms with E-state index in [-0.39, 0.29) is 18.7 Å². The topological polar surface area (TPSA) is 64.4 Å². The fourth-order valence-corrected chi connectivity index (χ4v) is 3.57. The number of aromatic nitrogens is 2. The summed E-state index contributed by atoms with van der Waals surface area (Å²) in [6.45, 7) is -0.158. The highest BCUT2D eigenvalue weighted by Crippen LogP contribution is 2.27. The Bertz CT molecular complexity index is 1230. The third-order valence-electron chi connectivity index (χ3n) is 5.00. The molecule has 0 unspecified atom stereocenters. The van der Waals surface area contributed by atoms with Gasteiger partial charge in [-0.05, 0) is 53.6 Å². The molecule has 4 aromatic rings. The van der Waals surface area contributed by atoms with Gasteiger partial charge in [-0.1, -0.05) is 35.9 Å². The van der Waals surface area contributed by atoms with Gasteiger partial charge in [-0.2, -0.15) is 0 Å². The summed E-state index contributed by atoms with van der Waals surface area (Å²) in [5.74, 6) is -0.785. The molecule has 5 nitrogen and oxygen atoms in total. The van der Waals surface area contributed by atoms with Crippen LogP contribution in [0.3, 0.4) is 0 Å². The Morgan fingerprint density at radius 2 is 1.56 bits per heavy atom. The number of ether oxygens (including phenoxy) is 1. The number of hydrogen-bond acceptors (Lipinski definition) is 4. The van der Waals surface area contributed by atoms with E-state index in [1.54, 1.807) is 42.5 Å². The van der Waals surface area contributed by atoms with Crippen LogP contribution in [0, 0.1) is 11.6 Å². The minimum Gasteiger partial charge on any atom is -0.389 e. The Morgan fingerprint density at radius 3 is 2.16 bits per heavy atom. The fourth-order valence-electron chi connectivity index (χ4n) is 3.41. The minimum atomic E-state index is -1.03. The number of benzene rings is 3. The Labute approximate surface area is 187 Å². The molecule has 32 heavy (non-hydrogen) atoms. The number of rotatable bonds is 7. The summed E-state index contributed by atoms with van der Waals surface area (Å²) < 4.78 is 33.9. The molecule has 3 aromatic carbocycles. The quantitative estimate of drug-likeness (QED) is 0.445. The lowest BCUT2D eigenvalue weighted by Gasteiger charge is -2.21. The van der Waals surface area contributed by atoms with Crippen LogP contribution in [0.5, 0.6) is 0 Å². The highest BCUT2D eigenvalue weighted by Gasteiger charge is 2.18. The molecule has 0 bridgehead atoms. The maximum atomic E-state index is 13.4. The summed E-state index contributed by atoms with van der Waals surface area (Å²) in [6, 6.07) is 16.3. The van der Waals surface area contributed by atoms with E-state index in [0.29, 0.717) is 27.1 Å². The Morgan fingerprint density at radius 1 is 0.969 bits per heavy atom. The molecule has 0 aliphatic rings. The van der Waals surface area contributed by atoms with Crippen LogP contribution in [-0.2, 0) is 11.3 Å². The summed E-state index contributed by atoms with van der Waals surface area (Å²) >= 11 is 5.94. The summed E-state index contributed by atoms with van der Waals surface area (Å²) in [5.41, 5.74) is 1.45. The van der Waals surface area contributed by atoms with Crippen molar-refractivity contribution in [3.63, 3.8) is 0 Å². The van der Waals surface area contributed by atoms with E-state index in [0.717, 1.165) is 0 Å². The number of nitrogens with zero attached hydrogens (tertiary/aromatic N) is 2. The molecule has 0 saturated carbocycles. The number of aliphatic hydroxyl groups is 1. The van der Waals surface area contributed by atoms with Gasteiger partial charge in [-0.25, -0.2) is 13.8 Å². The first-order valence-electron chi connectivity index (χ1n) is 9.86. The molecule has 0 aliphatic heterocycles. The third-order valence-corrected chi connectivity index (χ3v) is 5.23. The molecule has 164 valence electrons. The zero-order valence-electron chi connectivity index (χ0n) is 16.8. The first kappa shape index (κ1) is 22.1. The van der Waals surface area contributed by atoms with Gasteiger partial charge in [0.05, 0.1) is 36.5 Å². The van der Waals surface area contributed by atoms with Gasteiger partial charge in [0.1, 0.15) is 17.7 Å².